The molecule has 0 saturated heterocycles. The molecule has 3 aromatic carbocycles. The molecule has 7 heteroatoms. The lowest BCUT2D eigenvalue weighted by Crippen LogP contribution is -2.54. The molecule has 0 saturated carbocycles. The highest BCUT2D eigenvalue weighted by molar-refractivity contribution is 5.98. The van der Waals surface area contributed by atoms with Crippen molar-refractivity contribution in [2.45, 2.75) is 51.6 Å². The molecule has 3 rings (SSSR count). The van der Waals surface area contributed by atoms with E-state index in [2.05, 4.69) is 10.6 Å². The fourth-order valence-electron chi connectivity index (χ4n) is 4.10. The van der Waals surface area contributed by atoms with Gasteiger partial charge in [0.25, 0.3) is 5.91 Å². The van der Waals surface area contributed by atoms with E-state index in [1.165, 1.54) is 0 Å². The van der Waals surface area contributed by atoms with Gasteiger partial charge in [-0.25, -0.2) is 0 Å². The third-order valence-electron chi connectivity index (χ3n) is 5.84. The van der Waals surface area contributed by atoms with Crippen LogP contribution >= 0.6 is 0 Å². The molecule has 0 radical (unpaired) electrons. The number of rotatable bonds is 12. The Bertz CT molecular complexity index is 1210. The number of carboxylic acids is 1. The lowest BCUT2D eigenvalue weighted by atomic mass is 9.94. The highest BCUT2D eigenvalue weighted by Crippen LogP contribution is 2.24. The Kier molecular flexibility index (Phi) is 9.44. The SMILES string of the molecule is CCOc1cccc(-c2ccc(C(=O)N[C@@H](CCC(=O)O)C(=O)NC(C)(C)Cc3ccccc3)cc2)c1. The Hall–Kier alpha value is -4.13. The Morgan fingerprint density at radius 3 is 2.27 bits per heavy atom. The van der Waals surface area contributed by atoms with Gasteiger partial charge in [-0.3, -0.25) is 14.4 Å². The summed E-state index contributed by atoms with van der Waals surface area (Å²) < 4.78 is 5.56. The van der Waals surface area contributed by atoms with E-state index in [-0.39, 0.29) is 12.8 Å². The van der Waals surface area contributed by atoms with Gasteiger partial charge in [0.15, 0.2) is 0 Å². The largest absolute Gasteiger partial charge is 0.494 e. The van der Waals surface area contributed by atoms with Crippen LogP contribution in [0.1, 0.15) is 49.5 Å². The van der Waals surface area contributed by atoms with Crippen molar-refractivity contribution in [1.29, 1.82) is 0 Å². The monoisotopic (exact) mass is 502 g/mol. The second-order valence-corrected chi connectivity index (χ2v) is 9.53. The Morgan fingerprint density at radius 2 is 1.62 bits per heavy atom. The van der Waals surface area contributed by atoms with E-state index in [0.717, 1.165) is 22.4 Å². The first-order valence-corrected chi connectivity index (χ1v) is 12.4. The summed E-state index contributed by atoms with van der Waals surface area (Å²) in [6.45, 7) is 6.29. The lowest BCUT2D eigenvalue weighted by molar-refractivity contribution is -0.137. The first-order valence-electron chi connectivity index (χ1n) is 12.4. The van der Waals surface area contributed by atoms with Gasteiger partial charge in [0.2, 0.25) is 5.91 Å². The zero-order chi connectivity index (χ0) is 26.8. The summed E-state index contributed by atoms with van der Waals surface area (Å²) in [6, 6.07) is 23.5. The van der Waals surface area contributed by atoms with Gasteiger partial charge in [-0.1, -0.05) is 54.6 Å². The van der Waals surface area contributed by atoms with Gasteiger partial charge >= 0.3 is 5.97 Å². The Balaban J connectivity index is 1.70. The van der Waals surface area contributed by atoms with Crippen LogP contribution in [0.3, 0.4) is 0 Å². The van der Waals surface area contributed by atoms with Gasteiger partial charge in [0.1, 0.15) is 11.8 Å². The van der Waals surface area contributed by atoms with E-state index < -0.39 is 29.4 Å². The van der Waals surface area contributed by atoms with Crippen molar-refractivity contribution in [1.82, 2.24) is 10.6 Å². The van der Waals surface area contributed by atoms with E-state index in [4.69, 9.17) is 9.84 Å². The predicted molar refractivity (Wildman–Crippen MR) is 144 cm³/mol. The van der Waals surface area contributed by atoms with E-state index in [1.54, 1.807) is 12.1 Å². The van der Waals surface area contributed by atoms with E-state index in [1.807, 2.05) is 87.5 Å². The molecule has 0 spiro atoms. The fourth-order valence-corrected chi connectivity index (χ4v) is 4.10. The summed E-state index contributed by atoms with van der Waals surface area (Å²) >= 11 is 0. The molecule has 7 nitrogen and oxygen atoms in total. The van der Waals surface area contributed by atoms with Crippen molar-refractivity contribution in [2.75, 3.05) is 6.61 Å². The van der Waals surface area contributed by atoms with Crippen molar-refractivity contribution in [3.8, 4) is 16.9 Å². The molecule has 2 amide bonds. The summed E-state index contributed by atoms with van der Waals surface area (Å²) in [5.74, 6) is -1.13. The molecule has 0 heterocycles. The summed E-state index contributed by atoms with van der Waals surface area (Å²) in [5.41, 5.74) is 2.72. The van der Waals surface area contributed by atoms with Crippen molar-refractivity contribution >= 4 is 17.8 Å². The molecule has 194 valence electrons. The van der Waals surface area contributed by atoms with Crippen LogP contribution < -0.4 is 15.4 Å². The maximum Gasteiger partial charge on any atom is 0.303 e. The number of carboxylic acid groups (broad SMARTS) is 1. The smallest absolute Gasteiger partial charge is 0.303 e. The molecule has 0 aliphatic rings. The van der Waals surface area contributed by atoms with Crippen LogP contribution in [0.25, 0.3) is 11.1 Å². The van der Waals surface area contributed by atoms with Crippen molar-refractivity contribution in [3.05, 3.63) is 90.0 Å². The van der Waals surface area contributed by atoms with E-state index in [9.17, 15) is 14.4 Å². The summed E-state index contributed by atoms with van der Waals surface area (Å²) in [6.07, 6.45) is 0.328. The molecule has 0 unspecified atom stereocenters. The minimum atomic E-state index is -1.03. The quantitative estimate of drug-likeness (QED) is 0.328. The number of nitrogens with one attached hydrogen (secondary N) is 2. The minimum Gasteiger partial charge on any atom is -0.494 e. The normalized spacial score (nSPS) is 11.9. The lowest BCUT2D eigenvalue weighted by Gasteiger charge is -2.29. The third kappa shape index (κ3) is 8.49. The standard InChI is InChI=1S/C30H34N2O5/c1-4-37-25-12-8-11-24(19-25)22-13-15-23(16-14-22)28(35)31-26(17-18-27(33)34)29(36)32-30(2,3)20-21-9-6-5-7-10-21/h5-16,19,26H,4,17-18,20H2,1-3H3,(H,31,35)(H,32,36)(H,33,34)/t26-/m0/s1. The number of hydrogen-bond donors (Lipinski definition) is 3. The van der Waals surface area contributed by atoms with Crippen molar-refractivity contribution in [2.24, 2.45) is 0 Å². The maximum atomic E-state index is 13.1. The number of benzene rings is 3. The topological polar surface area (TPSA) is 105 Å². The molecular weight excluding hydrogens is 468 g/mol. The number of ether oxygens (including phenoxy) is 1. The van der Waals surface area contributed by atoms with Gasteiger partial charge in [-0.15, -0.1) is 0 Å². The van der Waals surface area contributed by atoms with E-state index >= 15 is 0 Å². The average Bonchev–Trinajstić information content (AvgIpc) is 2.86. The van der Waals surface area contributed by atoms with Crippen LogP contribution in [-0.2, 0) is 16.0 Å². The maximum absolute atomic E-state index is 13.1. The number of amides is 2. The zero-order valence-corrected chi connectivity index (χ0v) is 21.5. The van der Waals surface area contributed by atoms with Crippen LogP contribution in [0.5, 0.6) is 5.75 Å². The van der Waals surface area contributed by atoms with Crippen molar-refractivity contribution < 1.29 is 24.2 Å². The molecule has 1 atom stereocenters. The van der Waals surface area contributed by atoms with Crippen molar-refractivity contribution in [3.63, 3.8) is 0 Å². The van der Waals surface area contributed by atoms with Crippen LogP contribution in [0.15, 0.2) is 78.9 Å². The molecule has 0 aliphatic heterocycles. The molecular formula is C30H34N2O5. The zero-order valence-electron chi connectivity index (χ0n) is 21.5. The second kappa shape index (κ2) is 12.7. The average molecular weight is 503 g/mol. The summed E-state index contributed by atoms with van der Waals surface area (Å²) in [7, 11) is 0. The second-order valence-electron chi connectivity index (χ2n) is 9.53. The highest BCUT2D eigenvalue weighted by Gasteiger charge is 2.28. The molecule has 0 aliphatic carbocycles. The number of carbonyl (C=O) groups is 3. The van der Waals surface area contributed by atoms with Gasteiger partial charge in [0, 0.05) is 17.5 Å². The van der Waals surface area contributed by atoms with Crippen LogP contribution in [0.2, 0.25) is 0 Å². The van der Waals surface area contributed by atoms with Crippen LogP contribution in [-0.4, -0.2) is 41.1 Å². The van der Waals surface area contributed by atoms with Gasteiger partial charge in [-0.05, 0) is 74.6 Å². The summed E-state index contributed by atoms with van der Waals surface area (Å²) in [5, 5.41) is 14.9. The van der Waals surface area contributed by atoms with Gasteiger partial charge < -0.3 is 20.5 Å². The first-order chi connectivity index (χ1) is 17.7. The van der Waals surface area contributed by atoms with E-state index in [0.29, 0.717) is 18.6 Å². The molecule has 0 fully saturated rings. The first kappa shape index (κ1) is 27.5. The summed E-state index contributed by atoms with van der Waals surface area (Å²) in [4.78, 5) is 37.3. The number of hydrogen-bond acceptors (Lipinski definition) is 4. The fraction of sp³-hybridized carbons (Fsp3) is 0.300. The minimum absolute atomic E-state index is 0.0172. The molecule has 3 aromatic rings. The Labute approximate surface area is 217 Å². The molecule has 0 aromatic heterocycles. The third-order valence-corrected chi connectivity index (χ3v) is 5.84. The molecule has 3 N–H and O–H groups in total. The Morgan fingerprint density at radius 1 is 0.919 bits per heavy atom. The molecule has 37 heavy (non-hydrogen) atoms. The van der Waals surface area contributed by atoms with Gasteiger partial charge in [-0.2, -0.15) is 0 Å². The highest BCUT2D eigenvalue weighted by atomic mass is 16.5. The number of carbonyl (C=O) groups excluding carboxylic acids is 2. The predicted octanol–water partition coefficient (Wildman–Crippen LogP) is 4.85. The van der Waals surface area contributed by atoms with Crippen LogP contribution in [0.4, 0.5) is 0 Å². The molecule has 0 bridgehead atoms. The van der Waals surface area contributed by atoms with Crippen LogP contribution in [0, 0.1) is 0 Å². The van der Waals surface area contributed by atoms with Gasteiger partial charge in [0.05, 0.1) is 6.61 Å². The number of aliphatic carboxylic acids is 1.